The molecule has 2 aromatic rings. The molecule has 0 saturated carbocycles. The molecule has 0 spiro atoms. The van der Waals surface area contributed by atoms with Crippen LogP contribution in [0.4, 0.5) is 0 Å². The van der Waals surface area contributed by atoms with Crippen molar-refractivity contribution in [1.82, 2.24) is 10.3 Å². The van der Waals surface area contributed by atoms with Crippen LogP contribution in [0.1, 0.15) is 5.56 Å². The van der Waals surface area contributed by atoms with E-state index in [9.17, 15) is 0 Å². The van der Waals surface area contributed by atoms with Crippen LogP contribution in [0, 0.1) is 11.3 Å². The molecule has 0 fully saturated rings. The molecule has 1 heterocycles. The highest BCUT2D eigenvalue weighted by atomic mass is 79.9. The third kappa shape index (κ3) is 1.24. The summed E-state index contributed by atoms with van der Waals surface area (Å²) in [4.78, 5) is 0. The van der Waals surface area contributed by atoms with E-state index in [1.54, 1.807) is 6.07 Å². The van der Waals surface area contributed by atoms with E-state index in [4.69, 9.17) is 5.26 Å². The quantitative estimate of drug-likeness (QED) is 0.750. The fourth-order valence-corrected chi connectivity index (χ4v) is 1.91. The number of halogens is 2. The minimum atomic E-state index is 0.495. The zero-order valence-electron chi connectivity index (χ0n) is 6.08. The van der Waals surface area contributed by atoms with Gasteiger partial charge >= 0.3 is 0 Å². The van der Waals surface area contributed by atoms with Crippen molar-refractivity contribution in [3.8, 4) is 6.07 Å². The topological polar surface area (TPSA) is 62.7 Å². The first-order chi connectivity index (χ1) is 6.24. The van der Waals surface area contributed by atoms with Crippen molar-refractivity contribution in [1.29, 1.82) is 5.26 Å². The van der Waals surface area contributed by atoms with Crippen LogP contribution in [0.3, 0.4) is 0 Å². The highest BCUT2D eigenvalue weighted by Gasteiger charge is 2.13. The zero-order chi connectivity index (χ0) is 9.42. The van der Waals surface area contributed by atoms with Crippen molar-refractivity contribution in [2.75, 3.05) is 0 Å². The number of benzene rings is 1. The Morgan fingerprint density at radius 1 is 1.31 bits per heavy atom. The molecule has 2 rings (SSSR count). The van der Waals surface area contributed by atoms with Crippen LogP contribution in [0.5, 0.6) is 0 Å². The molecule has 0 saturated heterocycles. The summed E-state index contributed by atoms with van der Waals surface area (Å²) in [6.45, 7) is 0. The lowest BCUT2D eigenvalue weighted by Gasteiger charge is -1.95. The average Bonchev–Trinajstić information content (AvgIpc) is 2.60. The lowest BCUT2D eigenvalue weighted by Crippen LogP contribution is -1.81. The minimum Gasteiger partial charge on any atom is -0.243 e. The van der Waals surface area contributed by atoms with Crippen LogP contribution < -0.4 is 0 Å². The van der Waals surface area contributed by atoms with E-state index < -0.39 is 0 Å². The summed E-state index contributed by atoms with van der Waals surface area (Å²) in [6.07, 6.45) is 0. The van der Waals surface area contributed by atoms with Crippen LogP contribution in [0.2, 0.25) is 0 Å². The molecule has 0 radical (unpaired) electrons. The number of nitriles is 1. The molecule has 4 nitrogen and oxygen atoms in total. The SMILES string of the molecule is N#Cc1cc(Br)c2nonc2c1Br. The molecule has 0 atom stereocenters. The Bertz CT molecular complexity index is 514. The van der Waals surface area contributed by atoms with Gasteiger partial charge in [0.25, 0.3) is 0 Å². The van der Waals surface area contributed by atoms with E-state index in [-0.39, 0.29) is 0 Å². The summed E-state index contributed by atoms with van der Waals surface area (Å²) in [5, 5.41) is 16.1. The fraction of sp³-hybridized carbons (Fsp3) is 0. The molecule has 6 heteroatoms. The smallest absolute Gasteiger partial charge is 0.151 e. The normalized spacial score (nSPS) is 10.2. The second kappa shape index (κ2) is 3.09. The number of nitrogens with zero attached hydrogens (tertiary/aromatic N) is 3. The summed E-state index contributed by atoms with van der Waals surface area (Å²) in [6, 6.07) is 3.70. The van der Waals surface area contributed by atoms with Gasteiger partial charge in [-0.05, 0) is 48.2 Å². The largest absolute Gasteiger partial charge is 0.243 e. The average molecular weight is 303 g/mol. The molecule has 0 bridgehead atoms. The molecule has 0 aliphatic carbocycles. The van der Waals surface area contributed by atoms with Gasteiger partial charge in [0.1, 0.15) is 6.07 Å². The van der Waals surface area contributed by atoms with Gasteiger partial charge in [0.05, 0.1) is 14.5 Å². The second-order valence-electron chi connectivity index (χ2n) is 2.29. The standard InChI is InChI=1S/C7HBr2N3O/c8-4-1-3(2-10)5(9)7-6(4)11-13-12-7/h1H. The Morgan fingerprint density at radius 3 is 2.69 bits per heavy atom. The van der Waals surface area contributed by atoms with Crippen molar-refractivity contribution in [2.24, 2.45) is 0 Å². The van der Waals surface area contributed by atoms with Crippen molar-refractivity contribution in [3.63, 3.8) is 0 Å². The number of aromatic nitrogens is 2. The van der Waals surface area contributed by atoms with Gasteiger partial charge in [-0.1, -0.05) is 0 Å². The summed E-state index contributed by atoms with van der Waals surface area (Å²) in [5.74, 6) is 0. The first-order valence-corrected chi connectivity index (χ1v) is 4.83. The molecular weight excluding hydrogens is 302 g/mol. The van der Waals surface area contributed by atoms with Gasteiger partial charge in [-0.3, -0.25) is 0 Å². The Kier molecular flexibility index (Phi) is 2.06. The van der Waals surface area contributed by atoms with E-state index in [1.807, 2.05) is 6.07 Å². The Morgan fingerprint density at radius 2 is 2.00 bits per heavy atom. The third-order valence-electron chi connectivity index (χ3n) is 1.55. The molecular formula is C7HBr2N3O. The predicted molar refractivity (Wildman–Crippen MR) is 51.9 cm³/mol. The Hall–Kier alpha value is -0.930. The van der Waals surface area contributed by atoms with Crippen LogP contribution in [0.15, 0.2) is 19.6 Å². The molecule has 1 aromatic carbocycles. The summed E-state index contributed by atoms with van der Waals surface area (Å²) < 4.78 is 5.86. The zero-order valence-corrected chi connectivity index (χ0v) is 9.26. The summed E-state index contributed by atoms with van der Waals surface area (Å²) >= 11 is 6.52. The number of hydrogen-bond acceptors (Lipinski definition) is 4. The van der Waals surface area contributed by atoms with E-state index >= 15 is 0 Å². The van der Waals surface area contributed by atoms with Gasteiger partial charge in [-0.25, -0.2) is 4.63 Å². The molecule has 0 N–H and O–H groups in total. The lowest BCUT2D eigenvalue weighted by molar-refractivity contribution is 0.315. The highest BCUT2D eigenvalue weighted by Crippen LogP contribution is 2.30. The van der Waals surface area contributed by atoms with Crippen LogP contribution in [-0.2, 0) is 0 Å². The van der Waals surface area contributed by atoms with E-state index in [0.717, 1.165) is 0 Å². The van der Waals surface area contributed by atoms with E-state index in [1.165, 1.54) is 0 Å². The molecule has 0 aliphatic heterocycles. The van der Waals surface area contributed by atoms with E-state index in [2.05, 4.69) is 46.8 Å². The maximum Gasteiger partial charge on any atom is 0.151 e. The molecule has 0 unspecified atom stereocenters. The number of fused-ring (bicyclic) bond motifs is 1. The fourth-order valence-electron chi connectivity index (χ4n) is 0.957. The van der Waals surface area contributed by atoms with Crippen molar-refractivity contribution in [3.05, 3.63) is 20.6 Å². The maximum atomic E-state index is 8.76. The van der Waals surface area contributed by atoms with Gasteiger partial charge in [-0.15, -0.1) is 0 Å². The van der Waals surface area contributed by atoms with E-state index in [0.29, 0.717) is 25.5 Å². The molecule has 1 aromatic heterocycles. The van der Waals surface area contributed by atoms with Crippen molar-refractivity contribution >= 4 is 42.9 Å². The maximum absolute atomic E-state index is 8.76. The molecule has 64 valence electrons. The van der Waals surface area contributed by atoms with Crippen molar-refractivity contribution < 1.29 is 4.63 Å². The van der Waals surface area contributed by atoms with Crippen LogP contribution in [-0.4, -0.2) is 10.3 Å². The van der Waals surface area contributed by atoms with Gasteiger partial charge in [0, 0.05) is 0 Å². The van der Waals surface area contributed by atoms with Gasteiger partial charge in [-0.2, -0.15) is 5.26 Å². The van der Waals surface area contributed by atoms with Gasteiger partial charge < -0.3 is 0 Å². The number of rotatable bonds is 0. The molecule has 13 heavy (non-hydrogen) atoms. The first-order valence-electron chi connectivity index (χ1n) is 3.24. The Balaban J connectivity index is 2.95. The number of hydrogen-bond donors (Lipinski definition) is 0. The summed E-state index contributed by atoms with van der Waals surface area (Å²) in [5.41, 5.74) is 1.65. The first kappa shape index (κ1) is 8.66. The molecule has 0 aliphatic rings. The predicted octanol–water partition coefficient (Wildman–Crippen LogP) is 2.62. The highest BCUT2D eigenvalue weighted by molar-refractivity contribution is 9.11. The second-order valence-corrected chi connectivity index (χ2v) is 3.94. The van der Waals surface area contributed by atoms with Gasteiger partial charge in [0.2, 0.25) is 0 Å². The summed E-state index contributed by atoms with van der Waals surface area (Å²) in [7, 11) is 0. The lowest BCUT2D eigenvalue weighted by atomic mass is 10.2. The monoisotopic (exact) mass is 301 g/mol. The van der Waals surface area contributed by atoms with Gasteiger partial charge in [0.15, 0.2) is 11.0 Å². The van der Waals surface area contributed by atoms with Crippen LogP contribution >= 0.6 is 31.9 Å². The van der Waals surface area contributed by atoms with Crippen molar-refractivity contribution in [2.45, 2.75) is 0 Å². The Labute approximate surface area is 89.7 Å². The molecule has 0 amide bonds. The third-order valence-corrected chi connectivity index (χ3v) is 2.96. The van der Waals surface area contributed by atoms with Crippen LogP contribution in [0.25, 0.3) is 11.0 Å². The minimum absolute atomic E-state index is 0.495.